The second-order valence-electron chi connectivity index (χ2n) is 5.02. The summed E-state index contributed by atoms with van der Waals surface area (Å²) in [6.45, 7) is 1.74. The lowest BCUT2D eigenvalue weighted by Crippen LogP contribution is -2.42. The maximum absolute atomic E-state index is 11.9. The van der Waals surface area contributed by atoms with Crippen LogP contribution >= 0.6 is 8.25 Å². The van der Waals surface area contributed by atoms with Crippen molar-refractivity contribution in [2.24, 2.45) is 5.41 Å². The molecule has 1 aromatic heterocycles. The van der Waals surface area contributed by atoms with E-state index in [-0.39, 0.29) is 6.61 Å². The molecule has 3 rings (SSSR count). The smallest absolute Gasteiger partial charge is 0.347 e. The largest absolute Gasteiger partial charge is 0.697 e. The summed E-state index contributed by atoms with van der Waals surface area (Å²) >= 11 is 0. The Labute approximate surface area is 120 Å². The van der Waals surface area contributed by atoms with Crippen LogP contribution in [-0.4, -0.2) is 28.4 Å². The van der Waals surface area contributed by atoms with E-state index in [1.807, 2.05) is 0 Å². The first-order valence-electron chi connectivity index (χ1n) is 6.17. The van der Waals surface area contributed by atoms with Crippen LogP contribution in [0, 0.1) is 17.8 Å². The molecule has 0 aromatic carbocycles. The fourth-order valence-corrected chi connectivity index (χ4v) is 3.46. The van der Waals surface area contributed by atoms with E-state index in [9.17, 15) is 14.2 Å². The quantitative estimate of drug-likeness (QED) is 0.585. The summed E-state index contributed by atoms with van der Waals surface area (Å²) in [5.41, 5.74) is -2.18. The molecule has 1 aromatic rings. The van der Waals surface area contributed by atoms with Gasteiger partial charge in [-0.1, -0.05) is 5.92 Å². The normalized spacial score (nSPS) is 37.0. The Morgan fingerprint density at radius 1 is 1.57 bits per heavy atom. The van der Waals surface area contributed by atoms with Gasteiger partial charge >= 0.3 is 13.9 Å². The summed E-state index contributed by atoms with van der Waals surface area (Å²) in [6.07, 6.45) is 4.84. The minimum atomic E-state index is -2.26. The van der Waals surface area contributed by atoms with Crippen molar-refractivity contribution >= 4 is 8.25 Å². The van der Waals surface area contributed by atoms with E-state index >= 15 is 0 Å². The monoisotopic (exact) mass is 311 g/mol. The second kappa shape index (κ2) is 4.90. The predicted molar refractivity (Wildman–Crippen MR) is 70.6 cm³/mol. The van der Waals surface area contributed by atoms with Crippen LogP contribution in [0.2, 0.25) is 0 Å². The number of H-pyrrole nitrogens is 1. The molecule has 0 aliphatic carbocycles. The molecule has 2 saturated heterocycles. The van der Waals surface area contributed by atoms with Crippen molar-refractivity contribution < 1.29 is 18.3 Å². The van der Waals surface area contributed by atoms with Gasteiger partial charge in [-0.3, -0.25) is 14.3 Å². The number of nitrogens with zero attached hydrogens (tertiary/aromatic N) is 1. The zero-order valence-electron chi connectivity index (χ0n) is 11.0. The van der Waals surface area contributed by atoms with Gasteiger partial charge in [-0.2, -0.15) is 0 Å². The Balaban J connectivity index is 2.07. The highest BCUT2D eigenvalue weighted by molar-refractivity contribution is 7.33. The highest BCUT2D eigenvalue weighted by atomic mass is 31.1. The van der Waals surface area contributed by atoms with Gasteiger partial charge in [-0.15, -0.1) is 15.5 Å². The molecule has 0 spiro atoms. The average molecular weight is 311 g/mol. The Hall–Kier alpha value is -1.78. The number of fused-ring (bicyclic) bond motifs is 1. The van der Waals surface area contributed by atoms with Crippen LogP contribution in [-0.2, 0) is 18.3 Å². The first-order valence-corrected chi connectivity index (χ1v) is 7.27. The molecule has 0 amide bonds. The maximum Gasteiger partial charge on any atom is 0.697 e. The lowest BCUT2D eigenvalue weighted by atomic mass is 9.83. The van der Waals surface area contributed by atoms with Gasteiger partial charge in [0.25, 0.3) is 5.56 Å². The Kier molecular flexibility index (Phi) is 3.30. The molecule has 0 bridgehead atoms. The summed E-state index contributed by atoms with van der Waals surface area (Å²) in [4.78, 5) is 25.2. The molecule has 0 radical (unpaired) electrons. The molecule has 2 fully saturated rings. The van der Waals surface area contributed by atoms with Gasteiger partial charge in [0.15, 0.2) is 12.3 Å². The number of rotatable bonds is 1. The summed E-state index contributed by atoms with van der Waals surface area (Å²) in [5.74, 6) is 2.56. The minimum absolute atomic E-state index is 0.0613. The van der Waals surface area contributed by atoms with Crippen LogP contribution in [0.3, 0.4) is 0 Å². The summed E-state index contributed by atoms with van der Waals surface area (Å²) in [5, 5.41) is 0. The number of aromatic amines is 1. The molecule has 9 heteroatoms. The van der Waals surface area contributed by atoms with E-state index in [1.54, 1.807) is 6.92 Å². The molecular formula is C12H12N2O6P+. The zero-order valence-corrected chi connectivity index (χ0v) is 11.9. The summed E-state index contributed by atoms with van der Waals surface area (Å²) in [7, 11) is -2.26. The number of terminal acetylenes is 1. The Morgan fingerprint density at radius 2 is 2.33 bits per heavy atom. The number of hydrogen-bond acceptors (Lipinski definition) is 6. The van der Waals surface area contributed by atoms with Gasteiger partial charge in [0.1, 0.15) is 18.1 Å². The number of nitrogens with one attached hydrogen (secondary N) is 1. The molecule has 1 N–H and O–H groups in total. The molecule has 110 valence electrons. The van der Waals surface area contributed by atoms with Crippen molar-refractivity contribution in [3.8, 4) is 12.3 Å². The standard InChI is InChI=1S/C12H11N2O6P/c1-3-12(2)9-7(6-18-21(17)20-9)19-10(12)14-5-4-8(15)13-11(14)16/h1,4-5,7,9-10H,6H2,2H3/p+1/t7?,9-,10-,12-/m1/s1. The van der Waals surface area contributed by atoms with E-state index in [2.05, 4.69) is 10.9 Å². The summed E-state index contributed by atoms with van der Waals surface area (Å²) in [6, 6.07) is 1.20. The lowest BCUT2D eigenvalue weighted by molar-refractivity contribution is -0.0565. The van der Waals surface area contributed by atoms with Gasteiger partial charge in [0.2, 0.25) is 0 Å². The Morgan fingerprint density at radius 3 is 3.00 bits per heavy atom. The summed E-state index contributed by atoms with van der Waals surface area (Å²) < 4.78 is 28.5. The van der Waals surface area contributed by atoms with Crippen LogP contribution in [0.15, 0.2) is 21.9 Å². The number of ether oxygens (including phenoxy) is 1. The lowest BCUT2D eigenvalue weighted by Gasteiger charge is -2.27. The van der Waals surface area contributed by atoms with Gasteiger partial charge in [0.05, 0.1) is 0 Å². The molecule has 3 heterocycles. The fraction of sp³-hybridized carbons (Fsp3) is 0.500. The van der Waals surface area contributed by atoms with E-state index in [4.69, 9.17) is 20.2 Å². The first kappa shape index (κ1) is 14.2. The van der Waals surface area contributed by atoms with Crippen molar-refractivity contribution in [2.45, 2.75) is 25.4 Å². The van der Waals surface area contributed by atoms with E-state index in [0.717, 1.165) is 0 Å². The topological polar surface area (TPSA) is 99.6 Å². The van der Waals surface area contributed by atoms with Crippen molar-refractivity contribution in [3.63, 3.8) is 0 Å². The third-order valence-corrected chi connectivity index (χ3v) is 4.46. The van der Waals surface area contributed by atoms with Crippen LogP contribution in [0.1, 0.15) is 13.2 Å². The molecule has 2 unspecified atom stereocenters. The van der Waals surface area contributed by atoms with Crippen molar-refractivity contribution in [1.82, 2.24) is 9.55 Å². The van der Waals surface area contributed by atoms with Gasteiger partial charge in [-0.25, -0.2) is 4.79 Å². The van der Waals surface area contributed by atoms with Crippen molar-refractivity contribution in [2.75, 3.05) is 6.61 Å². The van der Waals surface area contributed by atoms with Crippen LogP contribution in [0.25, 0.3) is 0 Å². The van der Waals surface area contributed by atoms with Gasteiger partial charge in [-0.05, 0) is 6.92 Å². The first-order chi connectivity index (χ1) is 9.95. The van der Waals surface area contributed by atoms with Crippen molar-refractivity contribution in [1.29, 1.82) is 0 Å². The number of hydrogen-bond donors (Lipinski definition) is 1. The van der Waals surface area contributed by atoms with E-state index in [1.165, 1.54) is 16.8 Å². The maximum atomic E-state index is 11.9. The molecule has 5 atom stereocenters. The molecule has 0 saturated carbocycles. The molecular weight excluding hydrogens is 299 g/mol. The second-order valence-corrected chi connectivity index (χ2v) is 5.93. The average Bonchev–Trinajstić information content (AvgIpc) is 2.73. The minimum Gasteiger partial charge on any atom is -0.347 e. The number of aromatic nitrogens is 2. The van der Waals surface area contributed by atoms with Crippen LogP contribution in [0.5, 0.6) is 0 Å². The van der Waals surface area contributed by atoms with E-state index < -0.39 is 43.4 Å². The Bertz CT molecular complexity index is 749. The SMILES string of the molecule is C#C[C@]1(C)[C@@H]2O[P+](=O)OCC2O[C@H]1n1ccc(=O)[nH]c1=O. The van der Waals surface area contributed by atoms with Crippen molar-refractivity contribution in [3.05, 3.63) is 33.1 Å². The van der Waals surface area contributed by atoms with Crippen LogP contribution in [0.4, 0.5) is 0 Å². The zero-order chi connectivity index (χ0) is 15.2. The fourth-order valence-electron chi connectivity index (χ4n) is 2.59. The molecule has 21 heavy (non-hydrogen) atoms. The third kappa shape index (κ3) is 2.15. The van der Waals surface area contributed by atoms with Crippen LogP contribution < -0.4 is 11.2 Å². The predicted octanol–water partition coefficient (Wildman–Crippen LogP) is 0.146. The van der Waals surface area contributed by atoms with E-state index in [0.29, 0.717) is 0 Å². The highest BCUT2D eigenvalue weighted by Crippen LogP contribution is 2.51. The molecule has 2 aliphatic rings. The van der Waals surface area contributed by atoms with Gasteiger partial charge < -0.3 is 4.74 Å². The highest BCUT2D eigenvalue weighted by Gasteiger charge is 2.61. The molecule has 2 aliphatic heterocycles. The van der Waals surface area contributed by atoms with Gasteiger partial charge in [0, 0.05) is 16.8 Å². The molecule has 8 nitrogen and oxygen atoms in total. The third-order valence-electron chi connectivity index (χ3n) is 3.70.